The second kappa shape index (κ2) is 8.95. The van der Waals surface area contributed by atoms with E-state index in [0.717, 1.165) is 5.56 Å². The number of hydrogen-bond donors (Lipinski definition) is 2. The van der Waals surface area contributed by atoms with Gasteiger partial charge in [-0.1, -0.05) is 37.6 Å². The fourth-order valence-corrected chi connectivity index (χ4v) is 3.23. The predicted molar refractivity (Wildman–Crippen MR) is 106 cm³/mol. The standard InChI is InChI=1S/C20H21ClFN5O/c1-13(2)20(14-3-6-16(22)7-4-14)24-10-19(28)26-17-9-15(21)5-8-18(17)27-12-23-11-25-27/h3-9,11-13,20,24H,10H2,1-2H3,(H,26,28)/p+1/t20-/m0/s1. The summed E-state index contributed by atoms with van der Waals surface area (Å²) in [5, 5.41) is 9.45. The summed E-state index contributed by atoms with van der Waals surface area (Å²) in [6, 6.07) is 11.6. The fourth-order valence-electron chi connectivity index (χ4n) is 3.05. The molecule has 1 aromatic heterocycles. The highest BCUT2D eigenvalue weighted by atomic mass is 35.5. The summed E-state index contributed by atoms with van der Waals surface area (Å²) in [7, 11) is 0. The Hall–Kier alpha value is -2.77. The van der Waals surface area contributed by atoms with E-state index in [-0.39, 0.29) is 30.2 Å². The minimum Gasteiger partial charge on any atom is -0.332 e. The van der Waals surface area contributed by atoms with Gasteiger partial charge in [0, 0.05) is 16.5 Å². The number of benzene rings is 2. The van der Waals surface area contributed by atoms with Crippen molar-refractivity contribution in [2.45, 2.75) is 19.9 Å². The third-order valence-electron chi connectivity index (χ3n) is 4.43. The van der Waals surface area contributed by atoms with E-state index in [0.29, 0.717) is 16.4 Å². The number of quaternary nitrogens is 1. The Morgan fingerprint density at radius 1 is 1.25 bits per heavy atom. The molecule has 3 N–H and O–H groups in total. The second-order valence-corrected chi connectivity index (χ2v) is 7.25. The molecule has 0 aliphatic heterocycles. The molecule has 0 aliphatic rings. The molecule has 0 saturated carbocycles. The quantitative estimate of drug-likeness (QED) is 0.638. The third-order valence-corrected chi connectivity index (χ3v) is 4.66. The monoisotopic (exact) mass is 402 g/mol. The minimum absolute atomic E-state index is 0.0421. The summed E-state index contributed by atoms with van der Waals surface area (Å²) >= 11 is 6.09. The number of hydrogen-bond acceptors (Lipinski definition) is 3. The fraction of sp³-hybridized carbons (Fsp3) is 0.250. The molecule has 3 aromatic rings. The number of anilines is 1. The Morgan fingerprint density at radius 2 is 2.00 bits per heavy atom. The number of amides is 1. The van der Waals surface area contributed by atoms with E-state index in [4.69, 9.17) is 11.6 Å². The van der Waals surface area contributed by atoms with Gasteiger partial charge in [0.25, 0.3) is 5.91 Å². The number of rotatable bonds is 7. The number of nitrogens with one attached hydrogen (secondary N) is 1. The van der Waals surface area contributed by atoms with E-state index in [9.17, 15) is 9.18 Å². The van der Waals surface area contributed by atoms with Crippen molar-refractivity contribution in [1.29, 1.82) is 0 Å². The minimum atomic E-state index is -0.273. The van der Waals surface area contributed by atoms with Crippen molar-refractivity contribution in [3.8, 4) is 5.69 Å². The van der Waals surface area contributed by atoms with Gasteiger partial charge in [0.05, 0.1) is 11.4 Å². The maximum absolute atomic E-state index is 13.2. The molecule has 8 heteroatoms. The van der Waals surface area contributed by atoms with Gasteiger partial charge in [-0.15, -0.1) is 0 Å². The molecule has 6 nitrogen and oxygen atoms in total. The lowest BCUT2D eigenvalue weighted by molar-refractivity contribution is -0.692. The number of carbonyl (C=O) groups excluding carboxylic acids is 1. The molecular weight excluding hydrogens is 381 g/mol. The zero-order valence-corrected chi connectivity index (χ0v) is 16.4. The van der Waals surface area contributed by atoms with Gasteiger partial charge in [-0.2, -0.15) is 5.10 Å². The Morgan fingerprint density at radius 3 is 2.64 bits per heavy atom. The van der Waals surface area contributed by atoms with Gasteiger partial charge in [0.1, 0.15) is 24.5 Å². The van der Waals surface area contributed by atoms with Gasteiger partial charge >= 0.3 is 0 Å². The number of nitrogens with two attached hydrogens (primary N) is 1. The average Bonchev–Trinajstić information content (AvgIpc) is 3.17. The highest BCUT2D eigenvalue weighted by Crippen LogP contribution is 2.24. The summed E-state index contributed by atoms with van der Waals surface area (Å²) < 4.78 is 14.8. The van der Waals surface area contributed by atoms with Crippen LogP contribution < -0.4 is 10.6 Å². The summed E-state index contributed by atoms with van der Waals surface area (Å²) in [4.78, 5) is 16.5. The third kappa shape index (κ3) is 4.94. The number of halogens is 2. The van der Waals surface area contributed by atoms with Crippen LogP contribution >= 0.6 is 11.6 Å². The van der Waals surface area contributed by atoms with E-state index >= 15 is 0 Å². The summed E-state index contributed by atoms with van der Waals surface area (Å²) in [5.41, 5.74) is 2.21. The van der Waals surface area contributed by atoms with Crippen molar-refractivity contribution >= 4 is 23.2 Å². The Kier molecular flexibility index (Phi) is 6.38. The first-order valence-electron chi connectivity index (χ1n) is 8.97. The van der Waals surface area contributed by atoms with Crippen LogP contribution in [-0.4, -0.2) is 27.2 Å². The molecule has 1 amide bonds. The molecule has 1 heterocycles. The van der Waals surface area contributed by atoms with Gasteiger partial charge in [0.15, 0.2) is 6.54 Å². The maximum Gasteiger partial charge on any atom is 0.279 e. The maximum atomic E-state index is 13.2. The molecule has 146 valence electrons. The Bertz CT molecular complexity index is 928. The van der Waals surface area contributed by atoms with E-state index in [2.05, 4.69) is 29.2 Å². The van der Waals surface area contributed by atoms with E-state index in [1.54, 1.807) is 41.3 Å². The van der Waals surface area contributed by atoms with Gasteiger partial charge in [-0.3, -0.25) is 4.79 Å². The van der Waals surface area contributed by atoms with E-state index in [1.807, 2.05) is 5.32 Å². The average molecular weight is 403 g/mol. The van der Waals surface area contributed by atoms with Gasteiger partial charge in [0.2, 0.25) is 0 Å². The number of aromatic nitrogens is 3. The Balaban J connectivity index is 1.70. The topological polar surface area (TPSA) is 76.4 Å². The first-order chi connectivity index (χ1) is 13.4. The molecule has 1 atom stereocenters. The first-order valence-corrected chi connectivity index (χ1v) is 9.35. The lowest BCUT2D eigenvalue weighted by atomic mass is 9.96. The van der Waals surface area contributed by atoms with Crippen LogP contribution in [0, 0.1) is 11.7 Å². The lowest BCUT2D eigenvalue weighted by Crippen LogP contribution is -2.88. The molecule has 0 bridgehead atoms. The van der Waals surface area contributed by atoms with Crippen LogP contribution in [0.4, 0.5) is 10.1 Å². The van der Waals surface area contributed by atoms with Crippen LogP contribution in [0.1, 0.15) is 25.5 Å². The molecule has 2 aromatic carbocycles. The Labute approximate surface area is 167 Å². The normalized spacial score (nSPS) is 12.2. The van der Waals surface area contributed by atoms with Crippen LogP contribution in [0.25, 0.3) is 5.69 Å². The predicted octanol–water partition coefficient (Wildman–Crippen LogP) is 2.96. The summed E-state index contributed by atoms with van der Waals surface area (Å²) in [5.74, 6) is -0.169. The van der Waals surface area contributed by atoms with Crippen LogP contribution in [0.5, 0.6) is 0 Å². The van der Waals surface area contributed by atoms with Crippen LogP contribution in [0.2, 0.25) is 5.02 Å². The molecule has 0 saturated heterocycles. The summed E-state index contributed by atoms with van der Waals surface area (Å²) in [6.45, 7) is 4.36. The van der Waals surface area contributed by atoms with E-state index in [1.165, 1.54) is 18.5 Å². The molecule has 0 unspecified atom stereocenters. The lowest BCUT2D eigenvalue weighted by Gasteiger charge is -2.19. The molecule has 0 spiro atoms. The van der Waals surface area contributed by atoms with Crippen molar-refractivity contribution in [3.63, 3.8) is 0 Å². The van der Waals surface area contributed by atoms with Gasteiger partial charge in [-0.05, 0) is 30.3 Å². The molecule has 0 fully saturated rings. The van der Waals surface area contributed by atoms with Crippen molar-refractivity contribution in [3.05, 3.63) is 71.5 Å². The molecule has 3 rings (SSSR count). The van der Waals surface area contributed by atoms with E-state index < -0.39 is 0 Å². The van der Waals surface area contributed by atoms with Crippen LogP contribution in [-0.2, 0) is 4.79 Å². The largest absolute Gasteiger partial charge is 0.332 e. The molecule has 28 heavy (non-hydrogen) atoms. The molecular formula is C20H22ClFN5O+. The highest BCUT2D eigenvalue weighted by Gasteiger charge is 2.21. The second-order valence-electron chi connectivity index (χ2n) is 6.81. The zero-order valence-electron chi connectivity index (χ0n) is 15.6. The van der Waals surface area contributed by atoms with Crippen molar-refractivity contribution < 1.29 is 14.5 Å². The van der Waals surface area contributed by atoms with Gasteiger partial charge < -0.3 is 10.6 Å². The zero-order chi connectivity index (χ0) is 20.1. The smallest absolute Gasteiger partial charge is 0.279 e. The van der Waals surface area contributed by atoms with Crippen molar-refractivity contribution in [2.24, 2.45) is 5.92 Å². The van der Waals surface area contributed by atoms with Crippen molar-refractivity contribution in [2.75, 3.05) is 11.9 Å². The molecule has 0 radical (unpaired) electrons. The van der Waals surface area contributed by atoms with Crippen molar-refractivity contribution in [1.82, 2.24) is 14.8 Å². The SMILES string of the molecule is CC(C)[C@H]([NH2+]CC(=O)Nc1cc(Cl)ccc1-n1cncn1)c1ccc(F)cc1. The van der Waals surface area contributed by atoms with Crippen LogP contribution in [0.3, 0.4) is 0 Å². The van der Waals surface area contributed by atoms with Gasteiger partial charge in [-0.25, -0.2) is 14.1 Å². The summed E-state index contributed by atoms with van der Waals surface area (Å²) in [6.07, 6.45) is 2.97. The highest BCUT2D eigenvalue weighted by molar-refractivity contribution is 6.31. The number of carbonyl (C=O) groups is 1. The molecule has 0 aliphatic carbocycles. The van der Waals surface area contributed by atoms with Crippen LogP contribution in [0.15, 0.2) is 55.1 Å². The number of nitrogens with zero attached hydrogens (tertiary/aromatic N) is 3. The first kappa shape index (κ1) is 20.0.